The summed E-state index contributed by atoms with van der Waals surface area (Å²) in [4.78, 5) is 0. The Morgan fingerprint density at radius 2 is 1.51 bits per heavy atom. The molecule has 10 N–H and O–H groups in total. The molecule has 9 aliphatic rings. The van der Waals surface area contributed by atoms with E-state index >= 15 is 0 Å². The maximum atomic E-state index is 11.5. The highest BCUT2D eigenvalue weighted by Crippen LogP contribution is 2.70. The third-order valence-electron chi connectivity index (χ3n) is 17.5. The second-order valence-electron chi connectivity index (χ2n) is 20.9. The molecule has 17 nitrogen and oxygen atoms in total. The van der Waals surface area contributed by atoms with Gasteiger partial charge in [-0.15, -0.1) is 0 Å². The summed E-state index contributed by atoms with van der Waals surface area (Å²) in [7, 11) is 0. The van der Waals surface area contributed by atoms with Crippen LogP contribution in [-0.2, 0) is 33.2 Å². The number of allylic oxidation sites excluding steroid dienone is 1. The lowest BCUT2D eigenvalue weighted by atomic mass is 9.46. The molecule has 1 spiro atoms. The van der Waals surface area contributed by atoms with Crippen LogP contribution in [0.2, 0.25) is 0 Å². The monoisotopic (exact) mass is 869 g/mol. The van der Waals surface area contributed by atoms with E-state index in [2.05, 4.69) is 39.1 Å². The highest BCUT2D eigenvalue weighted by Gasteiger charge is 2.70. The summed E-state index contributed by atoms with van der Waals surface area (Å²) in [6.07, 6.45) is -12.0. The van der Waals surface area contributed by atoms with Gasteiger partial charge in [-0.25, -0.2) is 0 Å². The van der Waals surface area contributed by atoms with Crippen molar-refractivity contribution in [1.29, 1.82) is 0 Å². The van der Waals surface area contributed by atoms with Crippen LogP contribution in [0.3, 0.4) is 0 Å². The van der Waals surface area contributed by atoms with Crippen molar-refractivity contribution in [1.82, 2.24) is 5.32 Å². The molecule has 61 heavy (non-hydrogen) atoms. The third-order valence-corrected chi connectivity index (χ3v) is 17.5. The van der Waals surface area contributed by atoms with Gasteiger partial charge < -0.3 is 79.1 Å². The first-order valence-corrected chi connectivity index (χ1v) is 23.0. The quantitative estimate of drug-likeness (QED) is 0.143. The fourth-order valence-electron chi connectivity index (χ4n) is 14.1. The number of aliphatic hydroxyl groups is 9. The van der Waals surface area contributed by atoms with Crippen molar-refractivity contribution in [3.8, 4) is 0 Å². The Hall–Kier alpha value is -0.940. The van der Waals surface area contributed by atoms with Crippen molar-refractivity contribution in [2.75, 3.05) is 19.8 Å². The maximum Gasteiger partial charge on any atom is 0.187 e. The van der Waals surface area contributed by atoms with E-state index in [9.17, 15) is 46.0 Å². The van der Waals surface area contributed by atoms with Crippen LogP contribution in [0, 0.1) is 46.3 Å². The van der Waals surface area contributed by atoms with E-state index in [0.29, 0.717) is 42.4 Å². The molecule has 0 bridgehead atoms. The van der Waals surface area contributed by atoms with Gasteiger partial charge in [-0.05, 0) is 98.7 Å². The van der Waals surface area contributed by atoms with Crippen molar-refractivity contribution in [2.45, 2.75) is 196 Å². The van der Waals surface area contributed by atoms with Gasteiger partial charge in [-0.1, -0.05) is 39.3 Å². The standard InChI is InChI=1S/C44H71NO16/c1-18-12-29(48)44(45-15-18)19(2)30-27(61-44)14-25-23-7-6-21-13-22(8-10-42(21,4)24(23)9-11-43(25,30)5)57-41-38(60-40-36(54)34(52)31(49)20(3)56-40)37(33(51)28(16-46)58-41)59-39-35(53)32(50)26(47)17-55-39/h6,18-20,22-41,45-54H,7-17H2,1-5H3/t18-,19+,20+,22+,23-,24+,25+,26-,27+,28-,29+,30+,31+,32+,33+,34-,35-,36-,37+,38-,39+,40+,41-,42+,43+,44-/m1/s1. The van der Waals surface area contributed by atoms with Crippen LogP contribution >= 0.6 is 0 Å². The normalized spacial score (nSPS) is 58.4. The first-order valence-electron chi connectivity index (χ1n) is 23.0. The van der Waals surface area contributed by atoms with Crippen molar-refractivity contribution < 1.29 is 79.1 Å². The molecule has 348 valence electrons. The van der Waals surface area contributed by atoms with E-state index < -0.39 is 104 Å². The van der Waals surface area contributed by atoms with Crippen molar-refractivity contribution in [3.05, 3.63) is 11.6 Å². The van der Waals surface area contributed by atoms with Gasteiger partial charge in [0.15, 0.2) is 18.9 Å². The minimum atomic E-state index is -1.73. The van der Waals surface area contributed by atoms with Gasteiger partial charge in [0.25, 0.3) is 0 Å². The summed E-state index contributed by atoms with van der Waals surface area (Å²) in [6.45, 7) is 10.7. The fraction of sp³-hybridized carbons (Fsp3) is 0.955. The zero-order valence-corrected chi connectivity index (χ0v) is 36.0. The Morgan fingerprint density at radius 3 is 2.25 bits per heavy atom. The van der Waals surface area contributed by atoms with Gasteiger partial charge in [0.1, 0.15) is 66.8 Å². The van der Waals surface area contributed by atoms with Crippen LogP contribution in [-0.4, -0.2) is 176 Å². The second-order valence-corrected chi connectivity index (χ2v) is 20.9. The molecule has 0 amide bonds. The van der Waals surface area contributed by atoms with Crippen molar-refractivity contribution in [2.24, 2.45) is 46.3 Å². The van der Waals surface area contributed by atoms with Gasteiger partial charge in [-0.2, -0.15) is 0 Å². The van der Waals surface area contributed by atoms with Crippen molar-refractivity contribution in [3.63, 3.8) is 0 Å². The molecule has 17 heteroatoms. The van der Waals surface area contributed by atoms with E-state index in [1.54, 1.807) is 0 Å². The third kappa shape index (κ3) is 7.32. The molecule has 0 radical (unpaired) electrons. The SMILES string of the molecule is C[C@H]1CN[C@]2(O[C@H]3C[C@H]4[C@@H]5CC=C6C[C@@H](O[C@@H]7O[C@H](CO)[C@H](O)[C@H](O[C@@H]8OC[C@@H](O)[C@H](O)[C@H]8O)[C@H]7O[C@@H]7O[C@@H](C)[C@H](O)[C@@H](O)[C@H]7O)CC[C@]6(C)[C@H]5CC[C@]4(C)[C@H]3[C@@H]2C)[C@@H](O)C1. The van der Waals surface area contributed by atoms with E-state index in [-0.39, 0.29) is 35.6 Å². The molecule has 3 saturated carbocycles. The average Bonchev–Trinajstić information content (AvgIpc) is 3.69. The average molecular weight is 870 g/mol. The molecule has 0 unspecified atom stereocenters. The van der Waals surface area contributed by atoms with Crippen LogP contribution in [0.25, 0.3) is 0 Å². The Kier molecular flexibility index (Phi) is 12.4. The lowest BCUT2D eigenvalue weighted by molar-refractivity contribution is -0.390. The van der Waals surface area contributed by atoms with Crippen LogP contribution in [0.5, 0.6) is 0 Å². The first-order chi connectivity index (χ1) is 28.9. The zero-order chi connectivity index (χ0) is 43.5. The van der Waals surface area contributed by atoms with Crippen LogP contribution in [0.4, 0.5) is 0 Å². The van der Waals surface area contributed by atoms with Gasteiger partial charge in [0.05, 0.1) is 37.6 Å². The number of ether oxygens (including phenoxy) is 7. The van der Waals surface area contributed by atoms with Crippen LogP contribution in [0.15, 0.2) is 11.6 Å². The summed E-state index contributed by atoms with van der Waals surface area (Å²) < 4.78 is 43.5. The Bertz CT molecular complexity index is 1610. The minimum Gasteiger partial charge on any atom is -0.394 e. The van der Waals surface area contributed by atoms with E-state index in [1.807, 2.05) is 0 Å². The topological polar surface area (TPSA) is 259 Å². The maximum absolute atomic E-state index is 11.5. The molecule has 9 rings (SSSR count). The number of fused-ring (bicyclic) bond motifs is 7. The minimum absolute atomic E-state index is 0.0570. The highest BCUT2D eigenvalue weighted by molar-refractivity contribution is 5.27. The van der Waals surface area contributed by atoms with Gasteiger partial charge >= 0.3 is 0 Å². The van der Waals surface area contributed by atoms with Crippen LogP contribution in [0.1, 0.15) is 86.0 Å². The van der Waals surface area contributed by atoms with Crippen molar-refractivity contribution >= 4 is 0 Å². The van der Waals surface area contributed by atoms with Gasteiger partial charge in [0.2, 0.25) is 0 Å². The molecular weight excluding hydrogens is 798 g/mol. The molecule has 8 fully saturated rings. The summed E-state index contributed by atoms with van der Waals surface area (Å²) >= 11 is 0. The number of aliphatic hydroxyl groups excluding tert-OH is 9. The highest BCUT2D eigenvalue weighted by atomic mass is 16.8. The molecule has 4 aliphatic carbocycles. The molecule has 0 aromatic heterocycles. The molecule has 5 heterocycles. The zero-order valence-electron chi connectivity index (χ0n) is 36.0. The largest absolute Gasteiger partial charge is 0.394 e. The number of nitrogens with one attached hydrogen (secondary N) is 1. The second kappa shape index (κ2) is 16.7. The Morgan fingerprint density at radius 1 is 0.770 bits per heavy atom. The number of piperidine rings is 1. The molecule has 0 aromatic rings. The van der Waals surface area contributed by atoms with Gasteiger partial charge in [0, 0.05) is 12.5 Å². The van der Waals surface area contributed by atoms with E-state index in [0.717, 1.165) is 45.1 Å². The first kappa shape index (κ1) is 45.2. The fourth-order valence-corrected chi connectivity index (χ4v) is 14.1. The summed E-state index contributed by atoms with van der Waals surface area (Å²) in [6, 6.07) is 0. The number of hydrogen-bond donors (Lipinski definition) is 10. The summed E-state index contributed by atoms with van der Waals surface area (Å²) in [5, 5.41) is 100. The summed E-state index contributed by atoms with van der Waals surface area (Å²) in [5.41, 5.74) is 0.701. The molecule has 0 aromatic carbocycles. The Balaban J connectivity index is 0.934. The van der Waals surface area contributed by atoms with E-state index in [4.69, 9.17) is 33.2 Å². The molecule has 26 atom stereocenters. The smallest absolute Gasteiger partial charge is 0.187 e. The lowest BCUT2D eigenvalue weighted by Gasteiger charge is -2.59. The molecular formula is C44H71NO16. The Labute approximate surface area is 357 Å². The predicted molar refractivity (Wildman–Crippen MR) is 212 cm³/mol. The number of rotatable bonds is 7. The number of hydrogen-bond acceptors (Lipinski definition) is 17. The van der Waals surface area contributed by atoms with Gasteiger partial charge in [-0.3, -0.25) is 5.32 Å². The van der Waals surface area contributed by atoms with Crippen LogP contribution < -0.4 is 5.32 Å². The molecule has 5 aliphatic heterocycles. The lowest BCUT2D eigenvalue weighted by Crippen LogP contribution is -2.66. The summed E-state index contributed by atoms with van der Waals surface area (Å²) in [5.74, 6) is 2.47. The van der Waals surface area contributed by atoms with E-state index in [1.165, 1.54) is 12.5 Å². The molecule has 5 saturated heterocycles. The predicted octanol–water partition coefficient (Wildman–Crippen LogP) is -0.603.